The van der Waals surface area contributed by atoms with Crippen LogP contribution in [0.4, 0.5) is 18.0 Å². The van der Waals surface area contributed by atoms with Gasteiger partial charge in [-0.2, -0.15) is 13.2 Å². The van der Waals surface area contributed by atoms with Gasteiger partial charge in [0.2, 0.25) is 0 Å². The van der Waals surface area contributed by atoms with Crippen molar-refractivity contribution in [3.8, 4) is 0 Å². The van der Waals surface area contributed by atoms with Crippen LogP contribution in [-0.4, -0.2) is 22.1 Å². The van der Waals surface area contributed by atoms with E-state index in [-0.39, 0.29) is 0 Å². The minimum atomic E-state index is -4.93. The molecule has 2 amide bonds. The lowest BCUT2D eigenvalue weighted by Crippen LogP contribution is -2.35. The lowest BCUT2D eigenvalue weighted by atomic mass is 10.1. The minimum absolute atomic E-state index is 0.470. The largest absolute Gasteiger partial charge is 0.465 e. The van der Waals surface area contributed by atoms with E-state index in [9.17, 15) is 27.6 Å². The standard InChI is InChI=1S/C8H5F3N2O4/c9-8(10,11)3-1-2-12-5(14)4(3)6(15)13-7(16)17/h1-2H,(H,12,14)(H,13,15)(H,16,17). The van der Waals surface area contributed by atoms with Gasteiger partial charge in [-0.15, -0.1) is 0 Å². The zero-order valence-electron chi connectivity index (χ0n) is 7.96. The maximum Gasteiger partial charge on any atom is 0.417 e. The molecule has 92 valence electrons. The fourth-order valence-corrected chi connectivity index (χ4v) is 1.10. The highest BCUT2D eigenvalue weighted by atomic mass is 19.4. The molecule has 0 aliphatic heterocycles. The van der Waals surface area contributed by atoms with Crippen LogP contribution in [0.3, 0.4) is 0 Å². The van der Waals surface area contributed by atoms with Crippen molar-refractivity contribution in [2.45, 2.75) is 6.18 Å². The lowest BCUT2D eigenvalue weighted by molar-refractivity contribution is -0.138. The average Bonchev–Trinajstić information content (AvgIpc) is 2.14. The Balaban J connectivity index is 3.36. The van der Waals surface area contributed by atoms with Crippen LogP contribution in [0.5, 0.6) is 0 Å². The Morgan fingerprint density at radius 3 is 2.41 bits per heavy atom. The third-order valence-electron chi connectivity index (χ3n) is 1.71. The van der Waals surface area contributed by atoms with Crippen LogP contribution in [0.25, 0.3) is 0 Å². The second-order valence-electron chi connectivity index (χ2n) is 2.85. The molecule has 6 nitrogen and oxygen atoms in total. The van der Waals surface area contributed by atoms with Gasteiger partial charge in [0.05, 0.1) is 5.56 Å². The van der Waals surface area contributed by atoms with E-state index in [0.29, 0.717) is 12.3 Å². The van der Waals surface area contributed by atoms with E-state index in [1.165, 1.54) is 5.32 Å². The maximum atomic E-state index is 12.4. The molecule has 0 unspecified atom stereocenters. The number of rotatable bonds is 1. The number of nitrogens with one attached hydrogen (secondary N) is 2. The molecule has 0 saturated heterocycles. The Labute approximate surface area is 91.1 Å². The summed E-state index contributed by atoms with van der Waals surface area (Å²) in [6.07, 6.45) is -6.08. The van der Waals surface area contributed by atoms with Crippen molar-refractivity contribution in [3.05, 3.63) is 33.7 Å². The summed E-state index contributed by atoms with van der Waals surface area (Å²) in [6, 6.07) is 0.470. The van der Waals surface area contributed by atoms with E-state index in [0.717, 1.165) is 0 Å². The van der Waals surface area contributed by atoms with Gasteiger partial charge in [0.15, 0.2) is 0 Å². The van der Waals surface area contributed by atoms with Gasteiger partial charge < -0.3 is 10.1 Å². The molecule has 1 aromatic rings. The summed E-state index contributed by atoms with van der Waals surface area (Å²) in [5.41, 5.74) is -4.11. The Morgan fingerprint density at radius 2 is 1.94 bits per heavy atom. The zero-order valence-corrected chi connectivity index (χ0v) is 7.96. The normalized spacial score (nSPS) is 11.0. The Bertz CT molecular complexity index is 520. The average molecular weight is 250 g/mol. The number of amides is 2. The van der Waals surface area contributed by atoms with Gasteiger partial charge in [-0.05, 0) is 6.07 Å². The van der Waals surface area contributed by atoms with Crippen molar-refractivity contribution >= 4 is 12.0 Å². The van der Waals surface area contributed by atoms with Crippen LogP contribution < -0.4 is 10.9 Å². The highest BCUT2D eigenvalue weighted by molar-refractivity contribution is 6.03. The fraction of sp³-hybridized carbons (Fsp3) is 0.125. The van der Waals surface area contributed by atoms with E-state index < -0.39 is 34.9 Å². The van der Waals surface area contributed by atoms with Crippen molar-refractivity contribution in [1.82, 2.24) is 10.3 Å². The van der Waals surface area contributed by atoms with Crippen molar-refractivity contribution in [2.24, 2.45) is 0 Å². The Kier molecular flexibility index (Phi) is 3.21. The number of hydrogen-bond donors (Lipinski definition) is 3. The number of carbonyl (C=O) groups excluding carboxylic acids is 1. The van der Waals surface area contributed by atoms with E-state index in [4.69, 9.17) is 5.11 Å². The van der Waals surface area contributed by atoms with Crippen LogP contribution in [0.15, 0.2) is 17.1 Å². The number of aromatic nitrogens is 1. The monoisotopic (exact) mass is 250 g/mol. The molecule has 3 N–H and O–H groups in total. The van der Waals surface area contributed by atoms with Gasteiger partial charge in [-0.3, -0.25) is 14.9 Å². The molecule has 1 aromatic heterocycles. The zero-order chi connectivity index (χ0) is 13.2. The molecule has 9 heteroatoms. The molecule has 0 atom stereocenters. The third kappa shape index (κ3) is 2.83. The summed E-state index contributed by atoms with van der Waals surface area (Å²) >= 11 is 0. The number of pyridine rings is 1. The fourth-order valence-electron chi connectivity index (χ4n) is 1.10. The summed E-state index contributed by atoms with van der Waals surface area (Å²) in [6.45, 7) is 0. The SMILES string of the molecule is O=C(O)NC(=O)c1c(C(F)(F)F)cc[nH]c1=O. The summed E-state index contributed by atoms with van der Waals surface area (Å²) < 4.78 is 37.3. The number of H-pyrrole nitrogens is 1. The van der Waals surface area contributed by atoms with Crippen LogP contribution in [0.1, 0.15) is 15.9 Å². The molecule has 1 heterocycles. The van der Waals surface area contributed by atoms with Gasteiger partial charge in [0, 0.05) is 6.20 Å². The van der Waals surface area contributed by atoms with Gasteiger partial charge >= 0.3 is 12.3 Å². The van der Waals surface area contributed by atoms with E-state index in [2.05, 4.69) is 0 Å². The molecule has 0 saturated carbocycles. The summed E-state index contributed by atoms with van der Waals surface area (Å²) in [7, 11) is 0. The summed E-state index contributed by atoms with van der Waals surface area (Å²) in [5, 5.41) is 9.37. The molecule has 0 radical (unpaired) electrons. The number of halogens is 3. The quantitative estimate of drug-likeness (QED) is 0.686. The first-order valence-corrected chi connectivity index (χ1v) is 4.06. The van der Waals surface area contributed by atoms with Crippen LogP contribution in [0, 0.1) is 0 Å². The molecule has 0 bridgehead atoms. The molecular weight excluding hydrogens is 245 g/mol. The van der Waals surface area contributed by atoms with Crippen LogP contribution >= 0.6 is 0 Å². The Hall–Kier alpha value is -2.32. The van der Waals surface area contributed by atoms with Gasteiger partial charge in [0.25, 0.3) is 11.5 Å². The molecule has 0 spiro atoms. The van der Waals surface area contributed by atoms with Gasteiger partial charge in [-0.1, -0.05) is 0 Å². The highest BCUT2D eigenvalue weighted by Crippen LogP contribution is 2.30. The number of alkyl halides is 3. The van der Waals surface area contributed by atoms with Crippen molar-refractivity contribution in [2.75, 3.05) is 0 Å². The molecule has 17 heavy (non-hydrogen) atoms. The second-order valence-corrected chi connectivity index (χ2v) is 2.85. The molecule has 0 aromatic carbocycles. The topological polar surface area (TPSA) is 99.3 Å². The Morgan fingerprint density at radius 1 is 1.35 bits per heavy atom. The van der Waals surface area contributed by atoms with Crippen molar-refractivity contribution in [1.29, 1.82) is 0 Å². The second kappa shape index (κ2) is 4.28. The maximum absolute atomic E-state index is 12.4. The lowest BCUT2D eigenvalue weighted by Gasteiger charge is -2.10. The van der Waals surface area contributed by atoms with E-state index >= 15 is 0 Å². The highest BCUT2D eigenvalue weighted by Gasteiger charge is 2.37. The predicted octanol–water partition coefficient (Wildman–Crippen LogP) is 0.802. The molecule has 0 aliphatic carbocycles. The molecule has 0 fully saturated rings. The predicted molar refractivity (Wildman–Crippen MR) is 47.6 cm³/mol. The molecule has 0 aliphatic rings. The first-order chi connectivity index (χ1) is 7.73. The molecular formula is C8H5F3N2O4. The number of aromatic amines is 1. The van der Waals surface area contributed by atoms with E-state index in [1.54, 1.807) is 0 Å². The van der Waals surface area contributed by atoms with E-state index in [1.807, 2.05) is 4.98 Å². The third-order valence-corrected chi connectivity index (χ3v) is 1.71. The van der Waals surface area contributed by atoms with Crippen LogP contribution in [-0.2, 0) is 6.18 Å². The summed E-state index contributed by atoms with van der Waals surface area (Å²) in [4.78, 5) is 34.2. The first-order valence-electron chi connectivity index (χ1n) is 4.06. The molecule has 1 rings (SSSR count). The number of carboxylic acid groups (broad SMARTS) is 1. The van der Waals surface area contributed by atoms with Gasteiger partial charge in [-0.25, -0.2) is 4.79 Å². The van der Waals surface area contributed by atoms with Crippen molar-refractivity contribution in [3.63, 3.8) is 0 Å². The number of carbonyl (C=O) groups is 2. The minimum Gasteiger partial charge on any atom is -0.465 e. The van der Waals surface area contributed by atoms with Crippen LogP contribution in [0.2, 0.25) is 0 Å². The number of imide groups is 1. The first kappa shape index (κ1) is 12.7. The van der Waals surface area contributed by atoms with Crippen molar-refractivity contribution < 1.29 is 27.9 Å². The van der Waals surface area contributed by atoms with Gasteiger partial charge in [0.1, 0.15) is 5.56 Å². The smallest absolute Gasteiger partial charge is 0.417 e. The number of hydrogen-bond acceptors (Lipinski definition) is 3. The summed E-state index contributed by atoms with van der Waals surface area (Å²) in [5.74, 6) is -1.63.